The van der Waals surface area contributed by atoms with Crippen LogP contribution in [0.1, 0.15) is 33.6 Å². The third-order valence-electron chi connectivity index (χ3n) is 2.75. The largest absolute Gasteiger partial charge is 0.378 e. The van der Waals surface area contributed by atoms with E-state index < -0.39 is 0 Å². The van der Waals surface area contributed by atoms with Crippen molar-refractivity contribution in [2.24, 2.45) is 11.8 Å². The molecule has 1 aliphatic rings. The molecule has 3 atom stereocenters. The molecule has 1 fully saturated rings. The average Bonchev–Trinajstić information content (AvgIpc) is 2.04. The second-order valence-corrected chi connectivity index (χ2v) is 5.56. The van der Waals surface area contributed by atoms with Gasteiger partial charge in [-0.15, -0.1) is 0 Å². The van der Waals surface area contributed by atoms with Crippen LogP contribution in [-0.2, 0) is 4.74 Å². The minimum atomic E-state index is 0.490. The monoisotopic (exact) mass is 234 g/mol. The maximum atomic E-state index is 5.70. The van der Waals surface area contributed by atoms with Crippen molar-refractivity contribution in [1.29, 1.82) is 0 Å². The van der Waals surface area contributed by atoms with E-state index in [-0.39, 0.29) is 0 Å². The molecule has 1 rings (SSSR count). The van der Waals surface area contributed by atoms with Crippen molar-refractivity contribution < 1.29 is 4.74 Å². The van der Waals surface area contributed by atoms with Gasteiger partial charge in [-0.2, -0.15) is 0 Å². The van der Waals surface area contributed by atoms with Crippen LogP contribution in [0.5, 0.6) is 0 Å². The van der Waals surface area contributed by atoms with Crippen LogP contribution in [0.2, 0.25) is 0 Å². The summed E-state index contributed by atoms with van der Waals surface area (Å²) in [5, 5.41) is 0. The van der Waals surface area contributed by atoms with Crippen molar-refractivity contribution in [2.75, 3.05) is 6.61 Å². The zero-order valence-electron chi connectivity index (χ0n) is 8.22. The molecular formula is C10H19BrO. The van der Waals surface area contributed by atoms with Crippen molar-refractivity contribution in [3.8, 4) is 0 Å². The lowest BCUT2D eigenvalue weighted by Crippen LogP contribution is -2.32. The highest BCUT2D eigenvalue weighted by Gasteiger charge is 2.26. The highest BCUT2D eigenvalue weighted by Crippen LogP contribution is 2.29. The van der Waals surface area contributed by atoms with Gasteiger partial charge in [-0.05, 0) is 24.7 Å². The molecule has 0 radical (unpaired) electrons. The Morgan fingerprint density at radius 1 is 1.33 bits per heavy atom. The van der Waals surface area contributed by atoms with Crippen LogP contribution in [0.3, 0.4) is 0 Å². The molecule has 1 nitrogen and oxygen atoms in total. The molecule has 2 heteroatoms. The molecule has 0 aromatic heterocycles. The maximum Gasteiger partial charge on any atom is 0.0601 e. The van der Waals surface area contributed by atoms with E-state index in [9.17, 15) is 0 Å². The van der Waals surface area contributed by atoms with Crippen molar-refractivity contribution in [3.63, 3.8) is 0 Å². The van der Waals surface area contributed by atoms with Gasteiger partial charge in [-0.1, -0.05) is 36.7 Å². The first kappa shape index (κ1) is 10.5. The summed E-state index contributed by atoms with van der Waals surface area (Å²) in [6.07, 6.45) is 2.93. The number of halogens is 1. The van der Waals surface area contributed by atoms with Gasteiger partial charge in [-0.25, -0.2) is 0 Å². The molecule has 1 aliphatic heterocycles. The molecule has 72 valence electrons. The standard InChI is InChI=1S/C10H19BrO/c1-7(2)10-6-9(8(3)11)4-5-12-10/h7-10H,4-6H2,1-3H3. The minimum Gasteiger partial charge on any atom is -0.378 e. The van der Waals surface area contributed by atoms with Crippen LogP contribution in [0.25, 0.3) is 0 Å². The van der Waals surface area contributed by atoms with Crippen molar-refractivity contribution in [1.82, 2.24) is 0 Å². The Balaban J connectivity index is 2.40. The highest BCUT2D eigenvalue weighted by atomic mass is 79.9. The number of alkyl halides is 1. The Bertz CT molecular complexity index is 120. The van der Waals surface area contributed by atoms with Gasteiger partial charge in [0.2, 0.25) is 0 Å². The second-order valence-electron chi connectivity index (χ2n) is 4.12. The molecule has 3 unspecified atom stereocenters. The number of ether oxygens (including phenoxy) is 1. The van der Waals surface area contributed by atoms with Gasteiger partial charge in [0.05, 0.1) is 6.10 Å². The van der Waals surface area contributed by atoms with Crippen LogP contribution in [0.4, 0.5) is 0 Å². The SMILES string of the molecule is CC(C)C1CC(C(C)Br)CCO1. The average molecular weight is 235 g/mol. The summed E-state index contributed by atoms with van der Waals surface area (Å²) in [5.74, 6) is 1.48. The van der Waals surface area contributed by atoms with Crippen molar-refractivity contribution in [3.05, 3.63) is 0 Å². The van der Waals surface area contributed by atoms with E-state index in [0.717, 1.165) is 12.5 Å². The predicted octanol–water partition coefficient (Wildman–Crippen LogP) is 3.22. The zero-order chi connectivity index (χ0) is 9.14. The number of hydrogen-bond acceptors (Lipinski definition) is 1. The van der Waals surface area contributed by atoms with Crippen LogP contribution >= 0.6 is 15.9 Å². The molecule has 0 aromatic carbocycles. The van der Waals surface area contributed by atoms with Crippen LogP contribution in [-0.4, -0.2) is 17.5 Å². The van der Waals surface area contributed by atoms with Gasteiger partial charge >= 0.3 is 0 Å². The molecular weight excluding hydrogens is 216 g/mol. The predicted molar refractivity (Wildman–Crippen MR) is 55.7 cm³/mol. The molecule has 1 heterocycles. The Hall–Kier alpha value is 0.440. The van der Waals surface area contributed by atoms with E-state index in [1.54, 1.807) is 0 Å². The van der Waals surface area contributed by atoms with Gasteiger partial charge in [-0.3, -0.25) is 0 Å². The van der Waals surface area contributed by atoms with Crippen molar-refractivity contribution >= 4 is 15.9 Å². The fraction of sp³-hybridized carbons (Fsp3) is 1.00. The van der Waals surface area contributed by atoms with Crippen molar-refractivity contribution in [2.45, 2.75) is 44.5 Å². The summed E-state index contributed by atoms with van der Waals surface area (Å²) in [6, 6.07) is 0. The molecule has 12 heavy (non-hydrogen) atoms. The lowest BCUT2D eigenvalue weighted by molar-refractivity contribution is -0.0331. The Morgan fingerprint density at radius 3 is 2.50 bits per heavy atom. The summed E-state index contributed by atoms with van der Waals surface area (Å²) < 4.78 is 5.70. The van der Waals surface area contributed by atoms with Gasteiger partial charge in [0.1, 0.15) is 0 Å². The van der Waals surface area contributed by atoms with E-state index in [1.165, 1.54) is 12.8 Å². The lowest BCUT2D eigenvalue weighted by Gasteiger charge is -2.33. The molecule has 0 aromatic rings. The molecule has 0 spiro atoms. The van der Waals surface area contributed by atoms with E-state index in [1.807, 2.05) is 0 Å². The smallest absolute Gasteiger partial charge is 0.0601 e. The molecule has 0 N–H and O–H groups in total. The summed E-state index contributed by atoms with van der Waals surface area (Å²) in [5.41, 5.74) is 0. The van der Waals surface area contributed by atoms with E-state index in [2.05, 4.69) is 36.7 Å². The Labute approximate surface area is 84.0 Å². The number of rotatable bonds is 2. The summed E-state index contributed by atoms with van der Waals surface area (Å²) in [7, 11) is 0. The maximum absolute atomic E-state index is 5.70. The lowest BCUT2D eigenvalue weighted by atomic mass is 9.89. The van der Waals surface area contributed by atoms with Gasteiger partial charge in [0.15, 0.2) is 0 Å². The first-order valence-electron chi connectivity index (χ1n) is 4.87. The Kier molecular flexibility index (Phi) is 4.04. The van der Waals surface area contributed by atoms with E-state index >= 15 is 0 Å². The molecule has 0 saturated carbocycles. The van der Waals surface area contributed by atoms with Gasteiger partial charge in [0.25, 0.3) is 0 Å². The quantitative estimate of drug-likeness (QED) is 0.668. The first-order chi connectivity index (χ1) is 5.61. The van der Waals surface area contributed by atoms with Gasteiger partial charge in [0, 0.05) is 11.4 Å². The topological polar surface area (TPSA) is 9.23 Å². The van der Waals surface area contributed by atoms with Crippen LogP contribution in [0, 0.1) is 11.8 Å². The molecule has 0 aliphatic carbocycles. The van der Waals surface area contributed by atoms with Crippen LogP contribution in [0.15, 0.2) is 0 Å². The summed E-state index contributed by atoms with van der Waals surface area (Å²) >= 11 is 3.66. The second kappa shape index (κ2) is 4.61. The summed E-state index contributed by atoms with van der Waals surface area (Å²) in [4.78, 5) is 0.641. The molecule has 1 saturated heterocycles. The fourth-order valence-corrected chi connectivity index (χ4v) is 2.22. The van der Waals surface area contributed by atoms with Crippen LogP contribution < -0.4 is 0 Å². The minimum absolute atomic E-state index is 0.490. The normalized spacial score (nSPS) is 33.8. The van der Waals surface area contributed by atoms with E-state index in [4.69, 9.17) is 4.74 Å². The van der Waals surface area contributed by atoms with Gasteiger partial charge < -0.3 is 4.74 Å². The first-order valence-corrected chi connectivity index (χ1v) is 5.78. The summed E-state index contributed by atoms with van der Waals surface area (Å²) in [6.45, 7) is 7.68. The number of hydrogen-bond donors (Lipinski definition) is 0. The highest BCUT2D eigenvalue weighted by molar-refractivity contribution is 9.09. The fourth-order valence-electron chi connectivity index (χ4n) is 1.74. The molecule has 0 amide bonds. The third-order valence-corrected chi connectivity index (χ3v) is 3.50. The molecule has 0 bridgehead atoms. The zero-order valence-corrected chi connectivity index (χ0v) is 9.80. The third kappa shape index (κ3) is 2.74. The van der Waals surface area contributed by atoms with E-state index in [0.29, 0.717) is 16.8 Å². The Morgan fingerprint density at radius 2 is 2.00 bits per heavy atom.